The molecule has 0 spiro atoms. The minimum Gasteiger partial charge on any atom is -0.507 e. The largest absolute Gasteiger partial charge is 0.507 e. The lowest BCUT2D eigenvalue weighted by molar-refractivity contribution is 0.102. The number of phenolic OH excluding ortho intramolecular Hbond substituents is 1. The molecule has 0 radical (unpaired) electrons. The lowest BCUT2D eigenvalue weighted by Crippen LogP contribution is -2.12. The van der Waals surface area contributed by atoms with Gasteiger partial charge >= 0.3 is 0 Å². The first-order valence-electron chi connectivity index (χ1n) is 6.55. The highest BCUT2D eigenvalue weighted by Crippen LogP contribution is 2.23. The molecule has 2 rings (SSSR count). The van der Waals surface area contributed by atoms with Gasteiger partial charge in [0.05, 0.1) is 5.56 Å². The van der Waals surface area contributed by atoms with Crippen molar-refractivity contribution in [3.05, 3.63) is 58.6 Å². The molecule has 0 fully saturated rings. The third-order valence-corrected chi connectivity index (χ3v) is 3.49. The highest BCUT2D eigenvalue weighted by molar-refractivity contribution is 6.31. The lowest BCUT2D eigenvalue weighted by atomic mass is 10.1. The zero-order valence-electron chi connectivity index (χ0n) is 11.3. The second-order valence-electron chi connectivity index (χ2n) is 4.61. The average molecular weight is 324 g/mol. The van der Waals surface area contributed by atoms with Crippen molar-refractivity contribution in [3.8, 4) is 5.75 Å². The number of hydrogen-bond donors (Lipinski definition) is 2. The maximum absolute atomic E-state index is 12.1. The molecular formula is C16H15Cl2NO2. The topological polar surface area (TPSA) is 49.3 Å². The van der Waals surface area contributed by atoms with E-state index in [1.165, 1.54) is 12.1 Å². The van der Waals surface area contributed by atoms with Crippen molar-refractivity contribution in [2.75, 3.05) is 11.2 Å². The molecule has 0 saturated carbocycles. The van der Waals surface area contributed by atoms with Gasteiger partial charge in [-0.15, -0.1) is 11.6 Å². The van der Waals surface area contributed by atoms with Crippen molar-refractivity contribution >= 4 is 34.8 Å². The molecule has 0 atom stereocenters. The molecule has 110 valence electrons. The third-order valence-electron chi connectivity index (χ3n) is 2.99. The SMILES string of the molecule is O=C(Nc1cccc(CCCCl)c1)c1ccc(Cl)cc1O. The Balaban J connectivity index is 2.12. The number of nitrogens with one attached hydrogen (secondary N) is 1. The van der Waals surface area contributed by atoms with Gasteiger partial charge in [0, 0.05) is 16.6 Å². The number of anilines is 1. The zero-order valence-corrected chi connectivity index (χ0v) is 12.8. The Hall–Kier alpha value is -1.71. The van der Waals surface area contributed by atoms with Gasteiger partial charge in [0.2, 0.25) is 0 Å². The number of benzene rings is 2. The van der Waals surface area contributed by atoms with Crippen molar-refractivity contribution in [1.29, 1.82) is 0 Å². The Morgan fingerprint density at radius 2 is 2.00 bits per heavy atom. The van der Waals surface area contributed by atoms with Crippen LogP contribution >= 0.6 is 23.2 Å². The molecule has 2 aromatic rings. The second-order valence-corrected chi connectivity index (χ2v) is 5.42. The first-order chi connectivity index (χ1) is 10.1. The monoisotopic (exact) mass is 323 g/mol. The number of aromatic hydroxyl groups is 1. The minimum atomic E-state index is -0.376. The Bertz CT molecular complexity index is 644. The van der Waals surface area contributed by atoms with Crippen LogP contribution in [-0.4, -0.2) is 16.9 Å². The summed E-state index contributed by atoms with van der Waals surface area (Å²) < 4.78 is 0. The zero-order chi connectivity index (χ0) is 15.2. The average Bonchev–Trinajstić information content (AvgIpc) is 2.45. The quantitative estimate of drug-likeness (QED) is 0.797. The molecule has 3 nitrogen and oxygen atoms in total. The van der Waals surface area contributed by atoms with E-state index in [2.05, 4.69) is 5.32 Å². The summed E-state index contributed by atoms with van der Waals surface area (Å²) in [6, 6.07) is 12.0. The summed E-state index contributed by atoms with van der Waals surface area (Å²) in [6.07, 6.45) is 1.75. The summed E-state index contributed by atoms with van der Waals surface area (Å²) in [4.78, 5) is 12.1. The molecule has 21 heavy (non-hydrogen) atoms. The first-order valence-corrected chi connectivity index (χ1v) is 7.46. The molecule has 0 bridgehead atoms. The highest BCUT2D eigenvalue weighted by atomic mass is 35.5. The summed E-state index contributed by atoms with van der Waals surface area (Å²) in [6.45, 7) is 0. The molecular weight excluding hydrogens is 309 g/mol. The number of halogens is 2. The third kappa shape index (κ3) is 4.38. The molecule has 2 aromatic carbocycles. The van der Waals surface area contributed by atoms with Crippen LogP contribution in [0.15, 0.2) is 42.5 Å². The van der Waals surface area contributed by atoms with Gasteiger partial charge in [-0.25, -0.2) is 0 Å². The first kappa shape index (κ1) is 15.7. The molecule has 5 heteroatoms. The van der Waals surface area contributed by atoms with Crippen molar-refractivity contribution < 1.29 is 9.90 Å². The van der Waals surface area contributed by atoms with Crippen LogP contribution in [0.4, 0.5) is 5.69 Å². The second kappa shape index (κ2) is 7.34. The number of carbonyl (C=O) groups is 1. The van der Waals surface area contributed by atoms with Crippen LogP contribution < -0.4 is 5.32 Å². The summed E-state index contributed by atoms with van der Waals surface area (Å²) in [5.41, 5.74) is 1.97. The van der Waals surface area contributed by atoms with Gasteiger partial charge in [-0.1, -0.05) is 23.7 Å². The lowest BCUT2D eigenvalue weighted by Gasteiger charge is -2.08. The molecule has 0 aromatic heterocycles. The summed E-state index contributed by atoms with van der Waals surface area (Å²) >= 11 is 11.4. The predicted molar refractivity (Wildman–Crippen MR) is 86.6 cm³/mol. The Kier molecular flexibility index (Phi) is 5.48. The van der Waals surface area contributed by atoms with Crippen molar-refractivity contribution in [1.82, 2.24) is 0 Å². The number of alkyl halides is 1. The molecule has 0 aliphatic carbocycles. The summed E-state index contributed by atoms with van der Waals surface area (Å²) in [5.74, 6) is 0.0897. The summed E-state index contributed by atoms with van der Waals surface area (Å²) in [5, 5.41) is 12.9. The standard InChI is InChI=1S/C16H15Cl2NO2/c17-8-2-4-11-3-1-5-13(9-11)19-16(21)14-7-6-12(18)10-15(14)20/h1,3,5-7,9-10,20H,2,4,8H2,(H,19,21). The van der Waals surface area contributed by atoms with E-state index in [1.807, 2.05) is 18.2 Å². The van der Waals surface area contributed by atoms with Gasteiger partial charge in [-0.05, 0) is 48.7 Å². The molecule has 0 aliphatic rings. The molecule has 0 saturated heterocycles. The van der Waals surface area contributed by atoms with Gasteiger partial charge in [-0.2, -0.15) is 0 Å². The highest BCUT2D eigenvalue weighted by Gasteiger charge is 2.11. The van der Waals surface area contributed by atoms with E-state index in [4.69, 9.17) is 23.2 Å². The molecule has 1 amide bonds. The number of hydrogen-bond acceptors (Lipinski definition) is 2. The van der Waals surface area contributed by atoms with E-state index in [-0.39, 0.29) is 17.2 Å². The van der Waals surface area contributed by atoms with Gasteiger partial charge < -0.3 is 10.4 Å². The van der Waals surface area contributed by atoms with Crippen molar-refractivity contribution in [2.24, 2.45) is 0 Å². The van der Waals surface area contributed by atoms with Crippen molar-refractivity contribution in [2.45, 2.75) is 12.8 Å². The van der Waals surface area contributed by atoms with Crippen LogP contribution in [0.5, 0.6) is 5.75 Å². The molecule has 0 aliphatic heterocycles. The maximum atomic E-state index is 12.1. The maximum Gasteiger partial charge on any atom is 0.259 e. The molecule has 0 heterocycles. The predicted octanol–water partition coefficient (Wildman–Crippen LogP) is 4.47. The molecule has 0 unspecified atom stereocenters. The minimum absolute atomic E-state index is 0.140. The van der Waals surface area contributed by atoms with Crippen LogP contribution in [0.25, 0.3) is 0 Å². The fraction of sp³-hybridized carbons (Fsp3) is 0.188. The van der Waals surface area contributed by atoms with Gasteiger partial charge in [0.1, 0.15) is 5.75 Å². The van der Waals surface area contributed by atoms with E-state index in [9.17, 15) is 9.90 Å². The smallest absolute Gasteiger partial charge is 0.259 e. The number of amides is 1. The van der Waals surface area contributed by atoms with E-state index in [1.54, 1.807) is 12.1 Å². The van der Waals surface area contributed by atoms with E-state index >= 15 is 0 Å². The molecule has 2 N–H and O–H groups in total. The van der Waals surface area contributed by atoms with E-state index < -0.39 is 0 Å². The number of phenols is 1. The fourth-order valence-corrected chi connectivity index (χ4v) is 2.27. The van der Waals surface area contributed by atoms with E-state index in [0.717, 1.165) is 18.4 Å². The van der Waals surface area contributed by atoms with Crippen LogP contribution in [0.1, 0.15) is 22.3 Å². The number of carbonyl (C=O) groups excluding carboxylic acids is 1. The van der Waals surface area contributed by atoms with E-state index in [0.29, 0.717) is 16.6 Å². The van der Waals surface area contributed by atoms with Crippen LogP contribution in [-0.2, 0) is 6.42 Å². The van der Waals surface area contributed by atoms with Gasteiger partial charge in [-0.3, -0.25) is 4.79 Å². The van der Waals surface area contributed by atoms with Crippen molar-refractivity contribution in [3.63, 3.8) is 0 Å². The number of rotatable bonds is 5. The van der Waals surface area contributed by atoms with Crippen LogP contribution in [0.2, 0.25) is 5.02 Å². The summed E-state index contributed by atoms with van der Waals surface area (Å²) in [7, 11) is 0. The van der Waals surface area contributed by atoms with Gasteiger partial charge in [0.25, 0.3) is 5.91 Å². The Labute approximate surface area is 133 Å². The normalized spacial score (nSPS) is 10.4. The van der Waals surface area contributed by atoms with Gasteiger partial charge in [0.15, 0.2) is 0 Å². The van der Waals surface area contributed by atoms with Crippen LogP contribution in [0.3, 0.4) is 0 Å². The fourth-order valence-electron chi connectivity index (χ4n) is 1.97. The number of aryl methyl sites for hydroxylation is 1. The van der Waals surface area contributed by atoms with Crippen LogP contribution in [0, 0.1) is 0 Å². The Morgan fingerprint density at radius 3 is 2.71 bits per heavy atom. The Morgan fingerprint density at radius 1 is 1.19 bits per heavy atom.